The molecule has 0 aliphatic rings. The first-order chi connectivity index (χ1) is 9.90. The van der Waals surface area contributed by atoms with Gasteiger partial charge in [-0.3, -0.25) is 5.43 Å². The fourth-order valence-corrected chi connectivity index (χ4v) is 2.48. The summed E-state index contributed by atoms with van der Waals surface area (Å²) in [7, 11) is 0. The van der Waals surface area contributed by atoms with Gasteiger partial charge in [0.1, 0.15) is 5.82 Å². The Balaban J connectivity index is 2.17. The van der Waals surface area contributed by atoms with Crippen LogP contribution in [0.2, 0.25) is 0 Å². The van der Waals surface area contributed by atoms with Crippen LogP contribution in [0.4, 0.5) is 14.5 Å². The zero-order valence-corrected chi connectivity index (χ0v) is 12.6. The van der Waals surface area contributed by atoms with E-state index in [4.69, 9.17) is 0 Å². The summed E-state index contributed by atoms with van der Waals surface area (Å²) < 4.78 is 28.5. The Morgan fingerprint density at radius 1 is 1.19 bits per heavy atom. The molecule has 0 aliphatic heterocycles. The Morgan fingerprint density at radius 3 is 2.48 bits per heavy atom. The van der Waals surface area contributed by atoms with Gasteiger partial charge in [-0.1, -0.05) is 0 Å². The monoisotopic (exact) mass is 291 g/mol. The number of anilines is 1. The van der Waals surface area contributed by atoms with E-state index in [1.54, 1.807) is 6.21 Å². The molecule has 0 unspecified atom stereocenters. The topological polar surface area (TPSA) is 29.3 Å². The molecule has 1 aromatic heterocycles. The van der Waals surface area contributed by atoms with Gasteiger partial charge in [0.15, 0.2) is 5.82 Å². The van der Waals surface area contributed by atoms with Crippen molar-refractivity contribution in [1.82, 2.24) is 4.57 Å². The zero-order valence-electron chi connectivity index (χ0n) is 12.6. The molecule has 0 spiro atoms. The van der Waals surface area contributed by atoms with Gasteiger partial charge in [-0.25, -0.2) is 8.78 Å². The molecule has 0 fully saturated rings. The number of benzene rings is 1. The fourth-order valence-electron chi connectivity index (χ4n) is 2.48. The van der Waals surface area contributed by atoms with Crippen molar-refractivity contribution < 1.29 is 8.78 Å². The standard InChI is InChI=1S/C16H19F2N3/c1-10(2)21-11(3)7-13(12(21)4)9-19-20-16-6-5-14(17)8-15(16)18/h5-10,20H,1-4H3/b19-9-. The van der Waals surface area contributed by atoms with Gasteiger partial charge >= 0.3 is 0 Å². The molecule has 0 radical (unpaired) electrons. The van der Waals surface area contributed by atoms with E-state index < -0.39 is 11.6 Å². The van der Waals surface area contributed by atoms with E-state index in [2.05, 4.69) is 28.9 Å². The Labute approximate surface area is 123 Å². The molecular formula is C16H19F2N3. The lowest BCUT2D eigenvalue weighted by molar-refractivity contribution is 0.574. The first-order valence-electron chi connectivity index (χ1n) is 6.82. The Morgan fingerprint density at radius 2 is 1.90 bits per heavy atom. The number of nitrogens with one attached hydrogen (secondary N) is 1. The molecule has 0 saturated heterocycles. The molecule has 2 aromatic rings. The first-order valence-corrected chi connectivity index (χ1v) is 6.82. The normalized spacial score (nSPS) is 11.6. The van der Waals surface area contributed by atoms with E-state index in [1.807, 2.05) is 19.9 Å². The molecule has 0 saturated carbocycles. The number of hydrogen-bond donors (Lipinski definition) is 1. The molecule has 21 heavy (non-hydrogen) atoms. The molecule has 112 valence electrons. The number of rotatable bonds is 4. The van der Waals surface area contributed by atoms with Gasteiger partial charge in [0.05, 0.1) is 11.9 Å². The van der Waals surface area contributed by atoms with Gasteiger partial charge in [-0.05, 0) is 45.9 Å². The van der Waals surface area contributed by atoms with Gasteiger partial charge in [0.2, 0.25) is 0 Å². The molecule has 1 N–H and O–H groups in total. The summed E-state index contributed by atoms with van der Waals surface area (Å²) in [6.45, 7) is 8.30. The fraction of sp³-hybridized carbons (Fsp3) is 0.312. The third-order valence-corrected chi connectivity index (χ3v) is 3.36. The summed E-state index contributed by atoms with van der Waals surface area (Å²) in [5, 5.41) is 4.03. The van der Waals surface area contributed by atoms with E-state index in [0.717, 1.165) is 23.0 Å². The molecule has 2 rings (SSSR count). The second-order valence-corrected chi connectivity index (χ2v) is 5.28. The van der Waals surface area contributed by atoms with Crippen molar-refractivity contribution >= 4 is 11.9 Å². The third-order valence-electron chi connectivity index (χ3n) is 3.36. The molecule has 0 aliphatic carbocycles. The van der Waals surface area contributed by atoms with E-state index in [9.17, 15) is 8.78 Å². The predicted octanol–water partition coefficient (Wildman–Crippen LogP) is 4.41. The van der Waals surface area contributed by atoms with Crippen LogP contribution in [-0.4, -0.2) is 10.8 Å². The van der Waals surface area contributed by atoms with Crippen LogP contribution in [0.15, 0.2) is 29.4 Å². The maximum atomic E-state index is 13.4. The summed E-state index contributed by atoms with van der Waals surface area (Å²) in [6, 6.07) is 5.73. The van der Waals surface area contributed by atoms with Gasteiger partial charge in [-0.2, -0.15) is 5.10 Å². The first kappa shape index (κ1) is 15.2. The van der Waals surface area contributed by atoms with E-state index in [-0.39, 0.29) is 5.69 Å². The molecular weight excluding hydrogens is 272 g/mol. The van der Waals surface area contributed by atoms with Crippen LogP contribution in [0.25, 0.3) is 0 Å². The highest BCUT2D eigenvalue weighted by molar-refractivity contribution is 5.82. The molecule has 0 bridgehead atoms. The smallest absolute Gasteiger partial charge is 0.151 e. The van der Waals surface area contributed by atoms with Crippen LogP contribution in [0, 0.1) is 25.5 Å². The lowest BCUT2D eigenvalue weighted by atomic mass is 10.2. The SMILES string of the molecule is Cc1cc(/C=N\Nc2ccc(F)cc2F)c(C)n1C(C)C. The molecule has 1 heterocycles. The van der Waals surface area contributed by atoms with Crippen LogP contribution in [0.5, 0.6) is 0 Å². The molecule has 3 nitrogen and oxygen atoms in total. The van der Waals surface area contributed by atoms with E-state index in [1.165, 1.54) is 12.1 Å². The van der Waals surface area contributed by atoms with Crippen molar-refractivity contribution in [3.05, 3.63) is 52.9 Å². The van der Waals surface area contributed by atoms with Crippen molar-refractivity contribution in [1.29, 1.82) is 0 Å². The summed E-state index contributed by atoms with van der Waals surface area (Å²) in [6.07, 6.45) is 1.64. The van der Waals surface area contributed by atoms with Gasteiger partial charge in [-0.15, -0.1) is 0 Å². The number of nitrogens with zero attached hydrogens (tertiary/aromatic N) is 2. The van der Waals surface area contributed by atoms with Gasteiger partial charge in [0, 0.05) is 29.1 Å². The largest absolute Gasteiger partial charge is 0.346 e. The predicted molar refractivity (Wildman–Crippen MR) is 81.9 cm³/mol. The van der Waals surface area contributed by atoms with Gasteiger partial charge in [0.25, 0.3) is 0 Å². The minimum atomic E-state index is -0.667. The van der Waals surface area contributed by atoms with Crippen molar-refractivity contribution in [2.75, 3.05) is 5.43 Å². The maximum Gasteiger partial charge on any atom is 0.151 e. The number of aromatic nitrogens is 1. The number of halogens is 2. The second-order valence-electron chi connectivity index (χ2n) is 5.28. The lowest BCUT2D eigenvalue weighted by Gasteiger charge is -2.13. The average Bonchev–Trinajstić information content (AvgIpc) is 2.67. The van der Waals surface area contributed by atoms with E-state index in [0.29, 0.717) is 6.04 Å². The summed E-state index contributed by atoms with van der Waals surface area (Å²) >= 11 is 0. The van der Waals surface area contributed by atoms with E-state index >= 15 is 0 Å². The molecule has 5 heteroatoms. The maximum absolute atomic E-state index is 13.4. The average molecular weight is 291 g/mol. The highest BCUT2D eigenvalue weighted by Gasteiger charge is 2.09. The minimum absolute atomic E-state index is 0.144. The van der Waals surface area contributed by atoms with Gasteiger partial charge < -0.3 is 4.57 Å². The highest BCUT2D eigenvalue weighted by atomic mass is 19.1. The Bertz CT molecular complexity index is 672. The molecule has 0 atom stereocenters. The zero-order chi connectivity index (χ0) is 15.6. The minimum Gasteiger partial charge on any atom is -0.346 e. The summed E-state index contributed by atoms with van der Waals surface area (Å²) in [5.74, 6) is -1.28. The van der Waals surface area contributed by atoms with Crippen LogP contribution >= 0.6 is 0 Å². The Kier molecular flexibility index (Phi) is 4.40. The summed E-state index contributed by atoms with van der Waals surface area (Å²) in [4.78, 5) is 0. The van der Waals surface area contributed by atoms with Crippen molar-refractivity contribution in [2.45, 2.75) is 33.7 Å². The quantitative estimate of drug-likeness (QED) is 0.656. The summed E-state index contributed by atoms with van der Waals surface area (Å²) in [5.41, 5.74) is 5.96. The molecule has 0 amide bonds. The molecule has 1 aromatic carbocycles. The third kappa shape index (κ3) is 3.29. The van der Waals surface area contributed by atoms with Crippen molar-refractivity contribution in [3.8, 4) is 0 Å². The van der Waals surface area contributed by atoms with Crippen LogP contribution in [0.1, 0.15) is 36.8 Å². The van der Waals surface area contributed by atoms with Crippen molar-refractivity contribution in [2.24, 2.45) is 5.10 Å². The Hall–Kier alpha value is -2.17. The van der Waals surface area contributed by atoms with Crippen LogP contribution in [-0.2, 0) is 0 Å². The van der Waals surface area contributed by atoms with Crippen LogP contribution in [0.3, 0.4) is 0 Å². The second kappa shape index (κ2) is 6.08. The number of hydrogen-bond acceptors (Lipinski definition) is 2. The highest BCUT2D eigenvalue weighted by Crippen LogP contribution is 2.19. The number of hydrazone groups is 1. The number of aryl methyl sites for hydroxylation is 1. The van der Waals surface area contributed by atoms with Crippen LogP contribution < -0.4 is 5.43 Å². The lowest BCUT2D eigenvalue weighted by Crippen LogP contribution is -2.05. The van der Waals surface area contributed by atoms with Crippen molar-refractivity contribution in [3.63, 3.8) is 0 Å².